The lowest BCUT2D eigenvalue weighted by atomic mass is 9.76. The number of likely N-dealkylation sites (tertiary alicyclic amines) is 1. The molecule has 0 aliphatic carbocycles. The van der Waals surface area contributed by atoms with Gasteiger partial charge in [0.1, 0.15) is 11.4 Å². The van der Waals surface area contributed by atoms with Crippen LogP contribution in [0.2, 0.25) is 0 Å². The van der Waals surface area contributed by atoms with Crippen molar-refractivity contribution in [3.8, 4) is 0 Å². The number of fused-ring (bicyclic) bond motifs is 4. The molecule has 0 radical (unpaired) electrons. The molecule has 3 aliphatic heterocycles. The van der Waals surface area contributed by atoms with Crippen LogP contribution >= 0.6 is 0 Å². The van der Waals surface area contributed by atoms with Gasteiger partial charge in [0, 0.05) is 24.4 Å². The number of anilines is 1. The number of halogens is 1. The molecule has 1 aromatic carbocycles. The molecule has 4 rings (SSSR count). The smallest absolute Gasteiger partial charge is 0.250 e. The molecule has 3 heterocycles. The lowest BCUT2D eigenvalue weighted by molar-refractivity contribution is -0.143. The van der Waals surface area contributed by atoms with Gasteiger partial charge in [-0.1, -0.05) is 0 Å². The van der Waals surface area contributed by atoms with Gasteiger partial charge in [0.05, 0.1) is 25.0 Å². The number of hydrogen-bond acceptors (Lipinski definition) is 5. The summed E-state index contributed by atoms with van der Waals surface area (Å²) >= 11 is 0. The quantitative estimate of drug-likeness (QED) is 0.764. The number of nitrogens with one attached hydrogen (secondary N) is 2. The SMILES string of the molecule is COCCN1C(=O)[C@H]2[C@H](C)N[C@]3(C(=O)Nc4ccc(F)cc43)[C@@H]2C1=O. The van der Waals surface area contributed by atoms with Crippen LogP contribution in [0.4, 0.5) is 10.1 Å². The van der Waals surface area contributed by atoms with Crippen molar-refractivity contribution in [1.82, 2.24) is 10.2 Å². The van der Waals surface area contributed by atoms with E-state index < -0.39 is 41.0 Å². The molecule has 0 unspecified atom stereocenters. The standard InChI is InChI=1S/C17H18FN3O4/c1-8-12-13(15(23)21(14(12)22)5-6-25-2)17(20-8)10-7-9(18)3-4-11(10)19-16(17)24/h3-4,7-8,12-13,20H,5-6H2,1-2H3,(H,19,24)/t8-,12-,13-,17-/m0/s1. The van der Waals surface area contributed by atoms with E-state index in [9.17, 15) is 18.8 Å². The third kappa shape index (κ3) is 1.95. The van der Waals surface area contributed by atoms with E-state index in [2.05, 4.69) is 10.6 Å². The molecule has 1 spiro atoms. The van der Waals surface area contributed by atoms with E-state index in [-0.39, 0.29) is 19.1 Å². The first-order chi connectivity index (χ1) is 11.9. The van der Waals surface area contributed by atoms with Gasteiger partial charge in [-0.15, -0.1) is 0 Å². The second-order valence-corrected chi connectivity index (χ2v) is 6.71. The summed E-state index contributed by atoms with van der Waals surface area (Å²) in [6, 6.07) is 3.58. The summed E-state index contributed by atoms with van der Waals surface area (Å²) in [7, 11) is 1.49. The first kappa shape index (κ1) is 16.2. The zero-order chi connectivity index (χ0) is 17.9. The fourth-order valence-electron chi connectivity index (χ4n) is 4.40. The van der Waals surface area contributed by atoms with Gasteiger partial charge in [-0.25, -0.2) is 4.39 Å². The minimum absolute atomic E-state index is 0.140. The van der Waals surface area contributed by atoms with Gasteiger partial charge in [0.2, 0.25) is 17.7 Å². The Bertz CT molecular complexity index is 798. The number of rotatable bonds is 3. The topological polar surface area (TPSA) is 87.7 Å². The molecule has 2 saturated heterocycles. The maximum Gasteiger partial charge on any atom is 0.250 e. The molecule has 0 saturated carbocycles. The van der Waals surface area contributed by atoms with Gasteiger partial charge < -0.3 is 10.1 Å². The van der Waals surface area contributed by atoms with E-state index in [1.807, 2.05) is 0 Å². The van der Waals surface area contributed by atoms with Crippen molar-refractivity contribution in [2.24, 2.45) is 11.8 Å². The molecular formula is C17H18FN3O4. The van der Waals surface area contributed by atoms with Crippen LogP contribution in [0.25, 0.3) is 0 Å². The van der Waals surface area contributed by atoms with Gasteiger partial charge in [0.25, 0.3) is 0 Å². The largest absolute Gasteiger partial charge is 0.383 e. The zero-order valence-corrected chi connectivity index (χ0v) is 13.8. The Hall–Kier alpha value is -2.32. The summed E-state index contributed by atoms with van der Waals surface area (Å²) in [6.07, 6.45) is 0. The Morgan fingerprint density at radius 1 is 1.28 bits per heavy atom. The molecule has 0 aromatic heterocycles. The molecule has 132 valence electrons. The second-order valence-electron chi connectivity index (χ2n) is 6.71. The molecule has 2 N–H and O–H groups in total. The van der Waals surface area contributed by atoms with Crippen molar-refractivity contribution >= 4 is 23.4 Å². The predicted molar refractivity (Wildman–Crippen MR) is 84.9 cm³/mol. The summed E-state index contributed by atoms with van der Waals surface area (Å²) in [5, 5.41) is 5.83. The molecule has 8 heteroatoms. The third-order valence-electron chi connectivity index (χ3n) is 5.43. The van der Waals surface area contributed by atoms with Gasteiger partial charge in [-0.05, 0) is 25.1 Å². The highest BCUT2D eigenvalue weighted by molar-refractivity contribution is 6.15. The van der Waals surface area contributed by atoms with Gasteiger partial charge in [-0.2, -0.15) is 0 Å². The van der Waals surface area contributed by atoms with E-state index in [4.69, 9.17) is 4.74 Å². The highest BCUT2D eigenvalue weighted by Gasteiger charge is 2.69. The number of hydrogen-bond donors (Lipinski definition) is 2. The zero-order valence-electron chi connectivity index (χ0n) is 13.8. The van der Waals surface area contributed by atoms with Gasteiger partial charge in [0.15, 0.2) is 0 Å². The summed E-state index contributed by atoms with van der Waals surface area (Å²) in [5.74, 6) is -3.22. The Kier molecular flexibility index (Phi) is 3.45. The molecule has 25 heavy (non-hydrogen) atoms. The van der Waals surface area contributed by atoms with Crippen molar-refractivity contribution in [3.63, 3.8) is 0 Å². The molecule has 3 aliphatic rings. The van der Waals surface area contributed by atoms with E-state index in [1.165, 1.54) is 25.3 Å². The predicted octanol–water partition coefficient (Wildman–Crippen LogP) is 0.212. The summed E-state index contributed by atoms with van der Waals surface area (Å²) < 4.78 is 18.8. The van der Waals surface area contributed by atoms with E-state index >= 15 is 0 Å². The monoisotopic (exact) mass is 347 g/mol. The van der Waals surface area contributed by atoms with Crippen LogP contribution in [-0.2, 0) is 24.7 Å². The van der Waals surface area contributed by atoms with E-state index in [0.717, 1.165) is 4.90 Å². The number of benzene rings is 1. The highest BCUT2D eigenvalue weighted by Crippen LogP contribution is 2.52. The number of carbonyl (C=O) groups excluding carboxylic acids is 3. The Morgan fingerprint density at radius 2 is 2.04 bits per heavy atom. The van der Waals surface area contributed by atoms with Crippen molar-refractivity contribution < 1.29 is 23.5 Å². The van der Waals surface area contributed by atoms with Crippen LogP contribution in [0.5, 0.6) is 0 Å². The second kappa shape index (κ2) is 5.34. The normalized spacial score (nSPS) is 33.2. The lowest BCUT2D eigenvalue weighted by Crippen LogP contribution is -2.53. The van der Waals surface area contributed by atoms with Crippen LogP contribution in [-0.4, -0.2) is 48.9 Å². The van der Waals surface area contributed by atoms with Gasteiger partial charge >= 0.3 is 0 Å². The van der Waals surface area contributed by atoms with Gasteiger partial charge in [-0.3, -0.25) is 24.6 Å². The minimum atomic E-state index is -1.42. The number of nitrogens with zero attached hydrogens (tertiary/aromatic N) is 1. The Labute approximate surface area is 143 Å². The number of carbonyl (C=O) groups is 3. The average Bonchev–Trinajstić information content (AvgIpc) is 3.12. The number of amides is 3. The average molecular weight is 347 g/mol. The number of methoxy groups -OCH3 is 1. The molecule has 2 fully saturated rings. The summed E-state index contributed by atoms with van der Waals surface area (Å²) in [5.41, 5.74) is -0.579. The van der Waals surface area contributed by atoms with Crippen LogP contribution < -0.4 is 10.6 Å². The maximum atomic E-state index is 13.8. The maximum absolute atomic E-state index is 13.8. The molecular weight excluding hydrogens is 329 g/mol. The first-order valence-corrected chi connectivity index (χ1v) is 8.15. The van der Waals surface area contributed by atoms with E-state index in [0.29, 0.717) is 11.3 Å². The van der Waals surface area contributed by atoms with Crippen LogP contribution in [0.3, 0.4) is 0 Å². The molecule has 1 aromatic rings. The minimum Gasteiger partial charge on any atom is -0.383 e. The van der Waals surface area contributed by atoms with Crippen molar-refractivity contribution in [1.29, 1.82) is 0 Å². The van der Waals surface area contributed by atoms with Crippen LogP contribution in [0.1, 0.15) is 12.5 Å². The third-order valence-corrected chi connectivity index (χ3v) is 5.43. The van der Waals surface area contributed by atoms with E-state index in [1.54, 1.807) is 6.92 Å². The lowest BCUT2D eigenvalue weighted by Gasteiger charge is -2.29. The van der Waals surface area contributed by atoms with Crippen molar-refractivity contribution in [2.75, 3.05) is 25.6 Å². The number of imide groups is 1. The van der Waals surface area contributed by atoms with Crippen LogP contribution in [0.15, 0.2) is 18.2 Å². The molecule has 7 nitrogen and oxygen atoms in total. The Balaban J connectivity index is 1.83. The van der Waals surface area contributed by atoms with Crippen molar-refractivity contribution in [2.45, 2.75) is 18.5 Å². The summed E-state index contributed by atoms with van der Waals surface area (Å²) in [6.45, 7) is 2.13. The van der Waals surface area contributed by atoms with Crippen LogP contribution in [0, 0.1) is 17.7 Å². The molecule has 4 atom stereocenters. The molecule has 0 bridgehead atoms. The van der Waals surface area contributed by atoms with Crippen molar-refractivity contribution in [3.05, 3.63) is 29.6 Å². The Morgan fingerprint density at radius 3 is 2.76 bits per heavy atom. The number of ether oxygens (including phenoxy) is 1. The fourth-order valence-corrected chi connectivity index (χ4v) is 4.40. The highest BCUT2D eigenvalue weighted by atomic mass is 19.1. The fraction of sp³-hybridized carbons (Fsp3) is 0.471. The first-order valence-electron chi connectivity index (χ1n) is 8.15. The summed E-state index contributed by atoms with van der Waals surface area (Å²) in [4.78, 5) is 39.7. The molecule has 3 amide bonds.